The van der Waals surface area contributed by atoms with Crippen LogP contribution in [0.2, 0.25) is 0 Å². The minimum atomic E-state index is -0.226. The van der Waals surface area contributed by atoms with Gasteiger partial charge in [0.25, 0.3) is 11.8 Å². The fraction of sp³-hybridized carbons (Fsp3) is 0.348. The normalized spacial score (nSPS) is 15.6. The van der Waals surface area contributed by atoms with Crippen molar-refractivity contribution in [2.75, 3.05) is 45.7 Å². The maximum Gasteiger partial charge on any atom is 0.259 e. The van der Waals surface area contributed by atoms with Gasteiger partial charge in [0, 0.05) is 45.5 Å². The SMILES string of the molecule is CN(C)C(=O)COc1cccc(C(=O)N2CCC(C(=O)N(C)c3ccccc3)C2)c1. The molecule has 7 nitrogen and oxygen atoms in total. The molecule has 1 heterocycles. The molecule has 158 valence electrons. The van der Waals surface area contributed by atoms with Crippen LogP contribution >= 0.6 is 0 Å². The molecule has 2 aromatic carbocycles. The second-order valence-electron chi connectivity index (χ2n) is 7.57. The standard InChI is InChI=1S/C23H27N3O4/c1-24(2)21(27)16-30-20-11-7-8-17(14-20)23(29)26-13-12-18(15-26)22(28)25(3)19-9-5-4-6-10-19/h4-11,14,18H,12-13,15-16H2,1-3H3. The van der Waals surface area contributed by atoms with Crippen LogP contribution in [0.5, 0.6) is 5.75 Å². The van der Waals surface area contributed by atoms with Crippen molar-refractivity contribution in [1.29, 1.82) is 0 Å². The minimum Gasteiger partial charge on any atom is -0.484 e. The molecule has 0 aliphatic carbocycles. The van der Waals surface area contributed by atoms with Gasteiger partial charge in [-0.3, -0.25) is 14.4 Å². The molecule has 0 spiro atoms. The Morgan fingerprint density at radius 1 is 1.03 bits per heavy atom. The Balaban J connectivity index is 1.61. The Kier molecular flexibility index (Phi) is 6.72. The number of carbonyl (C=O) groups is 3. The fourth-order valence-corrected chi connectivity index (χ4v) is 3.37. The summed E-state index contributed by atoms with van der Waals surface area (Å²) in [6, 6.07) is 16.3. The monoisotopic (exact) mass is 409 g/mol. The lowest BCUT2D eigenvalue weighted by atomic mass is 10.1. The van der Waals surface area contributed by atoms with E-state index in [-0.39, 0.29) is 30.2 Å². The van der Waals surface area contributed by atoms with Gasteiger partial charge in [0.15, 0.2) is 6.61 Å². The van der Waals surface area contributed by atoms with Crippen LogP contribution in [0.1, 0.15) is 16.8 Å². The van der Waals surface area contributed by atoms with E-state index in [1.807, 2.05) is 30.3 Å². The topological polar surface area (TPSA) is 70.2 Å². The first-order valence-electron chi connectivity index (χ1n) is 9.91. The Bertz CT molecular complexity index is 914. The maximum atomic E-state index is 12.9. The molecular weight excluding hydrogens is 382 g/mol. The molecule has 0 N–H and O–H groups in total. The summed E-state index contributed by atoms with van der Waals surface area (Å²) in [5.41, 5.74) is 1.32. The van der Waals surface area contributed by atoms with Crippen LogP contribution in [0.3, 0.4) is 0 Å². The van der Waals surface area contributed by atoms with E-state index < -0.39 is 0 Å². The number of benzene rings is 2. The summed E-state index contributed by atoms with van der Waals surface area (Å²) in [5, 5.41) is 0. The van der Waals surface area contributed by atoms with Crippen molar-refractivity contribution in [1.82, 2.24) is 9.80 Å². The van der Waals surface area contributed by atoms with E-state index in [1.54, 1.807) is 55.2 Å². The molecule has 0 bridgehead atoms. The average molecular weight is 409 g/mol. The lowest BCUT2D eigenvalue weighted by Crippen LogP contribution is -2.36. The van der Waals surface area contributed by atoms with E-state index in [0.717, 1.165) is 5.69 Å². The van der Waals surface area contributed by atoms with Gasteiger partial charge >= 0.3 is 0 Å². The van der Waals surface area contributed by atoms with Crippen molar-refractivity contribution in [2.45, 2.75) is 6.42 Å². The lowest BCUT2D eigenvalue weighted by Gasteiger charge is -2.22. The maximum absolute atomic E-state index is 12.9. The van der Waals surface area contributed by atoms with Crippen LogP contribution in [-0.2, 0) is 9.59 Å². The summed E-state index contributed by atoms with van der Waals surface area (Å²) in [5.74, 6) is -0.0500. The van der Waals surface area contributed by atoms with Crippen LogP contribution in [0.15, 0.2) is 54.6 Å². The van der Waals surface area contributed by atoms with Gasteiger partial charge in [0.05, 0.1) is 5.92 Å². The molecule has 2 aromatic rings. The third-order valence-electron chi connectivity index (χ3n) is 5.24. The zero-order valence-electron chi connectivity index (χ0n) is 17.6. The first kappa shape index (κ1) is 21.4. The number of carbonyl (C=O) groups excluding carboxylic acids is 3. The van der Waals surface area contributed by atoms with Crippen molar-refractivity contribution in [3.8, 4) is 5.75 Å². The minimum absolute atomic E-state index is 0.00998. The molecule has 0 saturated carbocycles. The molecule has 1 unspecified atom stereocenters. The van der Waals surface area contributed by atoms with Crippen LogP contribution < -0.4 is 9.64 Å². The molecule has 30 heavy (non-hydrogen) atoms. The largest absolute Gasteiger partial charge is 0.484 e. The summed E-state index contributed by atoms with van der Waals surface area (Å²) in [7, 11) is 5.08. The molecule has 0 aromatic heterocycles. The molecule has 1 aliphatic heterocycles. The van der Waals surface area contributed by atoms with Gasteiger partial charge in [-0.15, -0.1) is 0 Å². The average Bonchev–Trinajstić information content (AvgIpc) is 3.26. The van der Waals surface area contributed by atoms with E-state index in [2.05, 4.69) is 0 Å². The van der Waals surface area contributed by atoms with Gasteiger partial charge < -0.3 is 19.4 Å². The van der Waals surface area contributed by atoms with E-state index in [4.69, 9.17) is 4.74 Å². The van der Waals surface area contributed by atoms with Gasteiger partial charge in [0.2, 0.25) is 5.91 Å². The molecule has 3 amide bonds. The summed E-state index contributed by atoms with van der Waals surface area (Å²) >= 11 is 0. The second-order valence-corrected chi connectivity index (χ2v) is 7.57. The molecular formula is C23H27N3O4. The Hall–Kier alpha value is -3.35. The number of likely N-dealkylation sites (tertiary alicyclic amines) is 1. The number of hydrogen-bond donors (Lipinski definition) is 0. The molecule has 0 radical (unpaired) electrons. The van der Waals surface area contributed by atoms with Crippen LogP contribution in [0.4, 0.5) is 5.69 Å². The molecule has 1 saturated heterocycles. The zero-order chi connectivity index (χ0) is 21.7. The highest BCUT2D eigenvalue weighted by atomic mass is 16.5. The summed E-state index contributed by atoms with van der Waals surface area (Å²) < 4.78 is 5.50. The first-order chi connectivity index (χ1) is 14.4. The third-order valence-corrected chi connectivity index (χ3v) is 5.24. The van der Waals surface area contributed by atoms with E-state index in [1.165, 1.54) is 4.90 Å². The third kappa shape index (κ3) is 4.97. The van der Waals surface area contributed by atoms with Gasteiger partial charge in [-0.25, -0.2) is 0 Å². The van der Waals surface area contributed by atoms with Crippen LogP contribution in [-0.4, -0.2) is 68.4 Å². The van der Waals surface area contributed by atoms with Crippen LogP contribution in [0, 0.1) is 5.92 Å². The van der Waals surface area contributed by atoms with Gasteiger partial charge in [0.1, 0.15) is 5.75 Å². The number of likely N-dealkylation sites (N-methyl/N-ethyl adjacent to an activating group) is 1. The summed E-state index contributed by atoms with van der Waals surface area (Å²) in [6.45, 7) is 0.831. The van der Waals surface area contributed by atoms with Gasteiger partial charge in [-0.05, 0) is 36.8 Å². The van der Waals surface area contributed by atoms with Crippen molar-refractivity contribution in [2.24, 2.45) is 5.92 Å². The van der Waals surface area contributed by atoms with Crippen molar-refractivity contribution >= 4 is 23.4 Å². The van der Waals surface area contributed by atoms with Gasteiger partial charge in [-0.2, -0.15) is 0 Å². The molecule has 3 rings (SSSR count). The highest BCUT2D eigenvalue weighted by Gasteiger charge is 2.33. The number of para-hydroxylation sites is 1. The molecule has 1 fully saturated rings. The number of amides is 3. The molecule has 1 aliphatic rings. The Morgan fingerprint density at radius 3 is 2.47 bits per heavy atom. The molecule has 7 heteroatoms. The van der Waals surface area contributed by atoms with Gasteiger partial charge in [-0.1, -0.05) is 24.3 Å². The molecule has 1 atom stereocenters. The number of hydrogen-bond acceptors (Lipinski definition) is 4. The Morgan fingerprint density at radius 2 is 1.77 bits per heavy atom. The van der Waals surface area contributed by atoms with Crippen LogP contribution in [0.25, 0.3) is 0 Å². The van der Waals surface area contributed by atoms with E-state index in [9.17, 15) is 14.4 Å². The van der Waals surface area contributed by atoms with E-state index >= 15 is 0 Å². The number of nitrogens with zero attached hydrogens (tertiary/aromatic N) is 3. The second kappa shape index (κ2) is 9.43. The number of rotatable bonds is 6. The highest BCUT2D eigenvalue weighted by Crippen LogP contribution is 2.24. The highest BCUT2D eigenvalue weighted by molar-refractivity contribution is 5.97. The predicted molar refractivity (Wildman–Crippen MR) is 114 cm³/mol. The van der Waals surface area contributed by atoms with Crippen molar-refractivity contribution in [3.05, 3.63) is 60.2 Å². The quantitative estimate of drug-likeness (QED) is 0.734. The zero-order valence-corrected chi connectivity index (χ0v) is 17.6. The number of ether oxygens (including phenoxy) is 1. The Labute approximate surface area is 176 Å². The smallest absolute Gasteiger partial charge is 0.259 e. The first-order valence-corrected chi connectivity index (χ1v) is 9.91. The number of anilines is 1. The summed E-state index contributed by atoms with van der Waals surface area (Å²) in [4.78, 5) is 42.3. The van der Waals surface area contributed by atoms with E-state index in [0.29, 0.717) is 30.8 Å². The fourth-order valence-electron chi connectivity index (χ4n) is 3.37. The van der Waals surface area contributed by atoms with Crippen molar-refractivity contribution in [3.63, 3.8) is 0 Å². The van der Waals surface area contributed by atoms with Crippen molar-refractivity contribution < 1.29 is 19.1 Å². The predicted octanol–water partition coefficient (Wildman–Crippen LogP) is 2.28. The lowest BCUT2D eigenvalue weighted by molar-refractivity contribution is -0.130. The summed E-state index contributed by atoms with van der Waals surface area (Å²) in [6.07, 6.45) is 0.634.